The van der Waals surface area contributed by atoms with E-state index in [0.29, 0.717) is 11.6 Å². The fraction of sp³-hybridized carbons (Fsp3) is 0.182. The SMILES string of the molecule is COc1cccc([C@@H](NC(=O)CN2C(=O)c3cc(Cl)c(Cl)cc3C2=O)c2nccn2C)c1. The van der Waals surface area contributed by atoms with Crippen LogP contribution in [0.4, 0.5) is 0 Å². The summed E-state index contributed by atoms with van der Waals surface area (Å²) in [4.78, 5) is 43.6. The second-order valence-electron chi connectivity index (χ2n) is 7.18. The van der Waals surface area contributed by atoms with Crippen LogP contribution in [-0.2, 0) is 11.8 Å². The minimum Gasteiger partial charge on any atom is -0.497 e. The van der Waals surface area contributed by atoms with Crippen molar-refractivity contribution in [2.75, 3.05) is 13.7 Å². The Morgan fingerprint density at radius 1 is 1.12 bits per heavy atom. The fourth-order valence-electron chi connectivity index (χ4n) is 3.55. The molecule has 1 aliphatic rings. The molecule has 0 unspecified atom stereocenters. The molecule has 2 aromatic carbocycles. The Morgan fingerprint density at radius 2 is 1.78 bits per heavy atom. The maximum atomic E-state index is 12.9. The number of aromatic nitrogens is 2. The van der Waals surface area contributed by atoms with Crippen LogP contribution in [0.5, 0.6) is 5.75 Å². The molecule has 0 saturated heterocycles. The number of amides is 3. The highest BCUT2D eigenvalue weighted by atomic mass is 35.5. The number of nitrogens with zero attached hydrogens (tertiary/aromatic N) is 3. The molecule has 1 aliphatic heterocycles. The van der Waals surface area contributed by atoms with Crippen molar-refractivity contribution in [3.63, 3.8) is 0 Å². The summed E-state index contributed by atoms with van der Waals surface area (Å²) in [5, 5.41) is 3.19. The highest BCUT2D eigenvalue weighted by molar-refractivity contribution is 6.43. The molecule has 10 heteroatoms. The van der Waals surface area contributed by atoms with Gasteiger partial charge in [-0.1, -0.05) is 35.3 Å². The minimum absolute atomic E-state index is 0.116. The number of hydrogen-bond acceptors (Lipinski definition) is 5. The van der Waals surface area contributed by atoms with Gasteiger partial charge in [0.2, 0.25) is 5.91 Å². The number of fused-ring (bicyclic) bond motifs is 1. The molecule has 0 bridgehead atoms. The number of methoxy groups -OCH3 is 1. The molecule has 3 amide bonds. The van der Waals surface area contributed by atoms with E-state index in [-0.39, 0.29) is 21.2 Å². The molecule has 4 rings (SSSR count). The maximum Gasteiger partial charge on any atom is 0.262 e. The predicted octanol–water partition coefficient (Wildman–Crippen LogP) is 3.24. The summed E-state index contributed by atoms with van der Waals surface area (Å²) in [5.41, 5.74) is 0.962. The molecule has 3 aromatic rings. The van der Waals surface area contributed by atoms with Gasteiger partial charge in [0.25, 0.3) is 11.8 Å². The molecule has 164 valence electrons. The summed E-state index contributed by atoms with van der Waals surface area (Å²) >= 11 is 12.0. The first-order valence-corrected chi connectivity index (χ1v) is 10.3. The van der Waals surface area contributed by atoms with Crippen molar-refractivity contribution < 1.29 is 19.1 Å². The molecule has 32 heavy (non-hydrogen) atoms. The summed E-state index contributed by atoms with van der Waals surface area (Å²) in [6.45, 7) is -0.466. The summed E-state index contributed by atoms with van der Waals surface area (Å²) in [5.74, 6) is -0.549. The summed E-state index contributed by atoms with van der Waals surface area (Å²) in [6, 6.07) is 9.25. The summed E-state index contributed by atoms with van der Waals surface area (Å²) < 4.78 is 7.06. The first-order valence-electron chi connectivity index (χ1n) is 9.56. The number of hydrogen-bond donors (Lipinski definition) is 1. The van der Waals surface area contributed by atoms with Crippen LogP contribution in [0.2, 0.25) is 10.0 Å². The van der Waals surface area contributed by atoms with E-state index in [1.54, 1.807) is 49.3 Å². The normalized spacial score (nSPS) is 13.8. The lowest BCUT2D eigenvalue weighted by Crippen LogP contribution is -2.42. The van der Waals surface area contributed by atoms with Crippen molar-refractivity contribution in [2.24, 2.45) is 7.05 Å². The standard InChI is InChI=1S/C22H18Cl2N4O4/c1-27-7-6-25-20(27)19(12-4-3-5-13(8-12)32-2)26-18(29)11-28-21(30)14-9-16(23)17(24)10-15(14)22(28)31/h3-10,19H,11H2,1-2H3,(H,26,29)/t19-/m1/s1. The molecular formula is C22H18Cl2N4O4. The molecule has 8 nitrogen and oxygen atoms in total. The third-order valence-corrected chi connectivity index (χ3v) is 5.88. The first kappa shape index (κ1) is 21.9. The van der Waals surface area contributed by atoms with Gasteiger partial charge in [0.1, 0.15) is 24.2 Å². The fourth-order valence-corrected chi connectivity index (χ4v) is 3.88. The van der Waals surface area contributed by atoms with E-state index in [4.69, 9.17) is 27.9 Å². The van der Waals surface area contributed by atoms with E-state index in [0.717, 1.165) is 10.5 Å². The van der Waals surface area contributed by atoms with Crippen LogP contribution in [0.3, 0.4) is 0 Å². The third-order valence-electron chi connectivity index (χ3n) is 5.16. The van der Waals surface area contributed by atoms with Crippen LogP contribution in [0.15, 0.2) is 48.8 Å². The van der Waals surface area contributed by atoms with E-state index in [9.17, 15) is 14.4 Å². The van der Waals surface area contributed by atoms with Crippen LogP contribution in [-0.4, -0.2) is 45.8 Å². The number of rotatable bonds is 6. The molecule has 0 spiro atoms. The predicted molar refractivity (Wildman–Crippen MR) is 118 cm³/mol. The van der Waals surface area contributed by atoms with Gasteiger partial charge in [0, 0.05) is 19.4 Å². The van der Waals surface area contributed by atoms with Gasteiger partial charge in [0.15, 0.2) is 0 Å². The average Bonchev–Trinajstić information content (AvgIpc) is 3.29. The molecule has 1 aromatic heterocycles. The lowest BCUT2D eigenvalue weighted by molar-refractivity contribution is -0.122. The van der Waals surface area contributed by atoms with E-state index < -0.39 is 30.3 Å². The first-order chi connectivity index (χ1) is 15.3. The van der Waals surface area contributed by atoms with Crippen LogP contribution in [0.1, 0.15) is 38.1 Å². The van der Waals surface area contributed by atoms with Gasteiger partial charge < -0.3 is 14.6 Å². The highest BCUT2D eigenvalue weighted by Gasteiger charge is 2.38. The molecule has 1 N–H and O–H groups in total. The van der Waals surface area contributed by atoms with E-state index >= 15 is 0 Å². The Bertz CT molecular complexity index is 1200. The summed E-state index contributed by atoms with van der Waals surface area (Å²) in [7, 11) is 3.35. The van der Waals surface area contributed by atoms with Crippen molar-refractivity contribution in [2.45, 2.75) is 6.04 Å². The van der Waals surface area contributed by atoms with Gasteiger partial charge in [-0.2, -0.15) is 0 Å². The quantitative estimate of drug-likeness (QED) is 0.555. The van der Waals surface area contributed by atoms with Crippen molar-refractivity contribution in [1.29, 1.82) is 0 Å². The van der Waals surface area contributed by atoms with Gasteiger partial charge in [-0.05, 0) is 29.8 Å². The summed E-state index contributed by atoms with van der Waals surface area (Å²) in [6.07, 6.45) is 3.37. The second kappa shape index (κ2) is 8.64. The topological polar surface area (TPSA) is 93.5 Å². The van der Waals surface area contributed by atoms with Crippen molar-refractivity contribution >= 4 is 40.9 Å². The minimum atomic E-state index is -0.628. The molecule has 0 saturated carbocycles. The van der Waals surface area contributed by atoms with Crippen LogP contribution < -0.4 is 10.1 Å². The average molecular weight is 473 g/mol. The zero-order valence-electron chi connectivity index (χ0n) is 17.1. The Balaban J connectivity index is 1.59. The van der Waals surface area contributed by atoms with Gasteiger partial charge in [-0.25, -0.2) is 4.98 Å². The van der Waals surface area contributed by atoms with Gasteiger partial charge in [-0.3, -0.25) is 19.3 Å². The Hall–Kier alpha value is -3.36. The molecular weight excluding hydrogens is 455 g/mol. The second-order valence-corrected chi connectivity index (χ2v) is 8.00. The van der Waals surface area contributed by atoms with Crippen LogP contribution in [0.25, 0.3) is 0 Å². The zero-order chi connectivity index (χ0) is 23.0. The largest absolute Gasteiger partial charge is 0.497 e. The van der Waals surface area contributed by atoms with Crippen LogP contribution >= 0.6 is 23.2 Å². The molecule has 2 heterocycles. The zero-order valence-corrected chi connectivity index (χ0v) is 18.6. The maximum absolute atomic E-state index is 12.9. The number of benzene rings is 2. The van der Waals surface area contributed by atoms with Crippen molar-refractivity contribution in [3.05, 3.63) is 81.4 Å². The van der Waals surface area contributed by atoms with Gasteiger partial charge >= 0.3 is 0 Å². The number of aryl methyl sites for hydroxylation is 1. The monoisotopic (exact) mass is 472 g/mol. The number of carbonyl (C=O) groups excluding carboxylic acids is 3. The number of halogens is 2. The van der Waals surface area contributed by atoms with Crippen molar-refractivity contribution in [1.82, 2.24) is 19.8 Å². The molecule has 0 aliphatic carbocycles. The smallest absolute Gasteiger partial charge is 0.262 e. The van der Waals surface area contributed by atoms with Gasteiger partial charge in [-0.15, -0.1) is 0 Å². The van der Waals surface area contributed by atoms with E-state index in [1.165, 1.54) is 12.1 Å². The van der Waals surface area contributed by atoms with Crippen LogP contribution in [0, 0.1) is 0 Å². The third kappa shape index (κ3) is 3.94. The highest BCUT2D eigenvalue weighted by Crippen LogP contribution is 2.31. The Kier molecular flexibility index (Phi) is 5.90. The number of ether oxygens (including phenoxy) is 1. The van der Waals surface area contributed by atoms with Crippen molar-refractivity contribution in [3.8, 4) is 5.75 Å². The lowest BCUT2D eigenvalue weighted by atomic mass is 10.1. The lowest BCUT2D eigenvalue weighted by Gasteiger charge is -2.21. The Labute approximate surface area is 193 Å². The van der Waals surface area contributed by atoms with E-state index in [2.05, 4.69) is 10.3 Å². The van der Waals surface area contributed by atoms with E-state index in [1.807, 2.05) is 6.07 Å². The number of imidazole rings is 1. The Morgan fingerprint density at radius 3 is 2.34 bits per heavy atom. The number of imide groups is 1. The number of carbonyl (C=O) groups is 3. The molecule has 0 radical (unpaired) electrons. The molecule has 1 atom stereocenters. The van der Waals surface area contributed by atoms with Gasteiger partial charge in [0.05, 0.1) is 28.3 Å². The number of nitrogens with one attached hydrogen (secondary N) is 1. The molecule has 0 fully saturated rings.